The fourth-order valence-corrected chi connectivity index (χ4v) is 6.12. The molecule has 19 nitrogen and oxygen atoms in total. The summed E-state index contributed by atoms with van der Waals surface area (Å²) >= 11 is 1.34. The van der Waals surface area contributed by atoms with E-state index in [4.69, 9.17) is 4.74 Å². The molecule has 0 unspecified atom stereocenters. The van der Waals surface area contributed by atoms with Crippen LogP contribution in [0.1, 0.15) is 17.5 Å². The van der Waals surface area contributed by atoms with Crippen LogP contribution in [0.4, 0.5) is 51.2 Å². The monoisotopic (exact) mass is 931 g/mol. The van der Waals surface area contributed by atoms with E-state index in [2.05, 4.69) is 65.0 Å². The van der Waals surface area contributed by atoms with Crippen LogP contribution >= 0.6 is 24.1 Å². The molecule has 2 N–H and O–H groups in total. The topological polar surface area (TPSA) is 264 Å². The van der Waals surface area contributed by atoms with Crippen LogP contribution in [-0.4, -0.2) is 24.4 Å². The molecule has 0 fully saturated rings. The van der Waals surface area contributed by atoms with Crippen molar-refractivity contribution in [2.75, 3.05) is 18.7 Å². The Balaban J connectivity index is 0.00000363. The number of benzene rings is 6. The Morgan fingerprint density at radius 3 is 1.67 bits per heavy atom. The largest absolute Gasteiger partial charge is 1.00 e. The van der Waals surface area contributed by atoms with Gasteiger partial charge in [-0.3, -0.25) is 10.1 Å². The van der Waals surface area contributed by atoms with Crippen molar-refractivity contribution in [3.8, 4) is 5.75 Å². The summed E-state index contributed by atoms with van der Waals surface area (Å²) in [6.45, 7) is 3.85. The van der Waals surface area contributed by atoms with Crippen LogP contribution in [0.25, 0.3) is 10.8 Å². The van der Waals surface area contributed by atoms with Crippen molar-refractivity contribution in [2.45, 2.75) is 30.1 Å². The Kier molecular flexibility index (Phi) is 24.4. The Labute approximate surface area is 440 Å². The molecule has 24 heteroatoms. The van der Waals surface area contributed by atoms with E-state index in [-0.39, 0.29) is 125 Å². The maximum absolute atomic E-state index is 11.3. The second-order valence-electron chi connectivity index (χ2n) is 12.5. The van der Waals surface area contributed by atoms with Gasteiger partial charge >= 0.3 is 88.7 Å². The molecule has 0 aromatic heterocycles. The van der Waals surface area contributed by atoms with Gasteiger partial charge in [-0.15, -0.1) is 5.11 Å². The molecule has 0 saturated carbocycles. The summed E-state index contributed by atoms with van der Waals surface area (Å²) in [5.41, 5.74) is 6.22. The number of fused-ring (bicyclic) bond motifs is 1. The minimum atomic E-state index is -1.18. The number of nitrogens with zero attached hydrogens (tertiary/aromatic N) is 8. The van der Waals surface area contributed by atoms with E-state index in [9.17, 15) is 25.5 Å². The van der Waals surface area contributed by atoms with E-state index in [0.29, 0.717) is 67.5 Å². The molecule has 0 aliphatic carbocycles. The van der Waals surface area contributed by atoms with Crippen LogP contribution in [-0.2, 0) is 28.3 Å². The Bertz CT molecular complexity index is 2580. The van der Waals surface area contributed by atoms with Gasteiger partial charge in [0.1, 0.15) is 12.4 Å². The normalized spacial score (nSPS) is 11.3. The van der Waals surface area contributed by atoms with E-state index in [1.807, 2.05) is 19.9 Å². The molecule has 0 aliphatic heterocycles. The van der Waals surface area contributed by atoms with Crippen LogP contribution in [0.15, 0.2) is 160 Å². The molecule has 0 heterocycles. The van der Waals surface area contributed by atoms with Crippen molar-refractivity contribution in [3.63, 3.8) is 0 Å². The number of azo groups is 4. The summed E-state index contributed by atoms with van der Waals surface area (Å²) in [7, 11) is 0. The van der Waals surface area contributed by atoms with Crippen LogP contribution in [0, 0.1) is 13.8 Å². The van der Waals surface area contributed by atoms with Gasteiger partial charge < -0.3 is 35.6 Å². The number of carbonyl (C=O) groups excluding carboxylic acids is 1. The zero-order chi connectivity index (χ0) is 43.0. The van der Waals surface area contributed by atoms with Gasteiger partial charge in [-0.2, -0.15) is 44.5 Å². The SMILES string of the molecule is Cc1cc(N=Nc2c(SOO[O-])cc3cc(N=Nc4ccc(NCOCCC(=O)[O-])cc4)ccc3c2O)c(C)cc1N=Nc1ccc(N=Nc2ccc(SOO[O-])cc2)cc1.[Na+].[Na+].[Na+]. The molecule has 64 heavy (non-hydrogen) atoms. The molecule has 6 aromatic carbocycles. The van der Waals surface area contributed by atoms with E-state index in [1.54, 1.807) is 103 Å². The van der Waals surface area contributed by atoms with Crippen molar-refractivity contribution in [1.29, 1.82) is 0 Å². The summed E-state index contributed by atoms with van der Waals surface area (Å²) in [4.78, 5) is 11.4. The molecule has 0 atom stereocenters. The molecule has 312 valence electrons. The number of phenols is 1. The zero-order valence-corrected chi connectivity index (χ0v) is 42.7. The molecule has 0 saturated heterocycles. The van der Waals surface area contributed by atoms with Crippen LogP contribution in [0.5, 0.6) is 5.75 Å². The predicted molar refractivity (Wildman–Crippen MR) is 218 cm³/mol. The standard InChI is InChI=1S/C40H35N9O10S2.3Na/c1-24-20-36(25(2)19-35(24)47-45-30-9-7-29(8-10-30)42-43-31-11-14-33(15-12-31)60-58-56-53)48-49-39-37(61-59-57-54)22-26-21-32(13-16-34(26)40(39)52)46-44-28-5-3-27(4-6-28)41-23-55-18-17-38(50)51;;;/h3-16,19-22,41,52-54H,17-18,23H2,1-2H3,(H,50,51);;;/q;3*+1/p-3. The van der Waals surface area contributed by atoms with Crippen LogP contribution in [0.2, 0.25) is 0 Å². The number of phenolic OH excluding ortho intramolecular Hbond substituents is 1. The van der Waals surface area contributed by atoms with Gasteiger partial charge in [0.25, 0.3) is 0 Å². The fourth-order valence-electron chi connectivity index (χ4n) is 5.28. The van der Waals surface area contributed by atoms with Gasteiger partial charge in [0.15, 0.2) is 5.75 Å². The third-order valence-electron chi connectivity index (χ3n) is 8.33. The number of hydrogen-bond donors (Lipinski definition) is 2. The van der Waals surface area contributed by atoms with Crippen molar-refractivity contribution in [2.24, 2.45) is 40.9 Å². The molecule has 0 aliphatic rings. The third kappa shape index (κ3) is 16.7. The summed E-state index contributed by atoms with van der Waals surface area (Å²) in [5.74, 6) is -1.39. The Hall–Kier alpha value is -3.53. The van der Waals surface area contributed by atoms with E-state index in [1.165, 1.54) is 0 Å². The number of hydrogen-bond acceptors (Lipinski definition) is 21. The predicted octanol–water partition coefficient (Wildman–Crippen LogP) is 0.823. The number of aromatic hydroxyl groups is 1. The number of carboxylic acids is 1. The molecule has 6 rings (SSSR count). The molecule has 0 radical (unpaired) electrons. The number of carbonyl (C=O) groups is 1. The molecule has 6 aromatic rings. The molecule has 0 amide bonds. The quantitative estimate of drug-likeness (QED) is 0.0205. The number of ether oxygens (including phenoxy) is 1. The smallest absolute Gasteiger partial charge is 0.691 e. The molecular weight excluding hydrogens is 900 g/mol. The first-order valence-corrected chi connectivity index (χ1v) is 19.3. The maximum atomic E-state index is 11.3. The first-order chi connectivity index (χ1) is 29.7. The Morgan fingerprint density at radius 2 is 1.11 bits per heavy atom. The summed E-state index contributed by atoms with van der Waals surface area (Å²) in [6, 6.07) is 31.1. The zero-order valence-electron chi connectivity index (χ0n) is 35.0. The molecular formula is C40H32N9Na3O10S2. The average molecular weight is 932 g/mol. The average Bonchev–Trinajstić information content (AvgIpc) is 3.27. The van der Waals surface area contributed by atoms with Crippen molar-refractivity contribution >= 4 is 92.0 Å². The number of anilines is 1. The van der Waals surface area contributed by atoms with Gasteiger partial charge in [0.05, 0.1) is 75.4 Å². The summed E-state index contributed by atoms with van der Waals surface area (Å²) in [5, 5.41) is 88.0. The second kappa shape index (κ2) is 28.5. The van der Waals surface area contributed by atoms with Crippen molar-refractivity contribution in [1.82, 2.24) is 0 Å². The van der Waals surface area contributed by atoms with E-state index in [0.717, 1.165) is 28.9 Å². The van der Waals surface area contributed by atoms with E-state index < -0.39 is 5.97 Å². The number of aryl methyl sites for hydroxylation is 2. The minimum absolute atomic E-state index is 0. The number of rotatable bonds is 20. The van der Waals surface area contributed by atoms with Crippen LogP contribution in [0.3, 0.4) is 0 Å². The van der Waals surface area contributed by atoms with Gasteiger partial charge in [0, 0.05) is 28.4 Å². The van der Waals surface area contributed by atoms with Gasteiger partial charge in [0.2, 0.25) is 0 Å². The van der Waals surface area contributed by atoms with Gasteiger partial charge in [-0.05, 0) is 140 Å². The molecule has 0 bridgehead atoms. The number of nitrogens with one attached hydrogen (secondary N) is 1. The summed E-state index contributed by atoms with van der Waals surface area (Å²) in [6.07, 6.45) is -0.188. The van der Waals surface area contributed by atoms with E-state index >= 15 is 0 Å². The second-order valence-corrected chi connectivity index (χ2v) is 14.1. The fraction of sp³-hybridized carbons (Fsp3) is 0.125. The first-order valence-electron chi connectivity index (χ1n) is 17.8. The van der Waals surface area contributed by atoms with Crippen molar-refractivity contribution in [3.05, 3.63) is 120 Å². The van der Waals surface area contributed by atoms with Crippen LogP contribution < -0.4 is 110 Å². The van der Waals surface area contributed by atoms with Gasteiger partial charge in [-0.1, -0.05) is 0 Å². The minimum Gasteiger partial charge on any atom is -0.691 e. The van der Waals surface area contributed by atoms with Crippen molar-refractivity contribution < 1.29 is 138 Å². The first kappa shape index (κ1) is 54.8. The third-order valence-corrected chi connectivity index (χ3v) is 9.54. The Morgan fingerprint density at radius 1 is 0.625 bits per heavy atom. The number of aliphatic carboxylic acids is 1. The maximum Gasteiger partial charge on any atom is 1.00 e. The number of carboxylic acid groups (broad SMARTS) is 1. The summed E-state index contributed by atoms with van der Waals surface area (Å²) < 4.78 is 14.1. The molecule has 0 spiro atoms. The van der Waals surface area contributed by atoms with Gasteiger partial charge in [-0.25, -0.2) is 0 Å².